The molecule has 0 radical (unpaired) electrons. The summed E-state index contributed by atoms with van der Waals surface area (Å²) >= 11 is 0. The van der Waals surface area contributed by atoms with Crippen molar-refractivity contribution in [1.29, 1.82) is 0 Å². The van der Waals surface area contributed by atoms with E-state index in [-0.39, 0.29) is 12.1 Å². The van der Waals surface area contributed by atoms with Gasteiger partial charge in [0.2, 0.25) is 10.0 Å². The van der Waals surface area contributed by atoms with Crippen LogP contribution in [0.25, 0.3) is 0 Å². The zero-order valence-electron chi connectivity index (χ0n) is 12.0. The summed E-state index contributed by atoms with van der Waals surface area (Å²) in [5, 5.41) is 8.77. The molecule has 0 unspecified atom stereocenters. The summed E-state index contributed by atoms with van der Waals surface area (Å²) in [7, 11) is -4.13. The van der Waals surface area contributed by atoms with Crippen LogP contribution in [0.4, 0.5) is 13.2 Å². The molecule has 0 bridgehead atoms. The number of rotatable bonds is 5. The zero-order valence-corrected chi connectivity index (χ0v) is 12.9. The monoisotopic (exact) mass is 359 g/mol. The van der Waals surface area contributed by atoms with Gasteiger partial charge in [0.25, 0.3) is 0 Å². The second-order valence-corrected chi connectivity index (χ2v) is 6.62. The van der Waals surface area contributed by atoms with Gasteiger partial charge in [-0.1, -0.05) is 18.2 Å². The van der Waals surface area contributed by atoms with Gasteiger partial charge in [0.05, 0.1) is 16.0 Å². The Morgan fingerprint density at radius 2 is 1.71 bits per heavy atom. The Labute approximate surface area is 135 Å². The van der Waals surface area contributed by atoms with Gasteiger partial charge in [0.1, 0.15) is 0 Å². The first-order valence-corrected chi connectivity index (χ1v) is 8.07. The average Bonchev–Trinajstić information content (AvgIpc) is 2.53. The molecular weight excluding hydrogens is 347 g/mol. The minimum absolute atomic E-state index is 0.0412. The number of carboxylic acid groups (broad SMARTS) is 1. The number of sulfonamides is 1. The third-order valence-electron chi connectivity index (χ3n) is 3.14. The largest absolute Gasteiger partial charge is 0.478 e. The molecule has 0 aliphatic heterocycles. The van der Waals surface area contributed by atoms with Gasteiger partial charge < -0.3 is 5.11 Å². The van der Waals surface area contributed by atoms with Crippen molar-refractivity contribution in [3.63, 3.8) is 0 Å². The molecule has 0 atom stereocenters. The van der Waals surface area contributed by atoms with E-state index in [1.165, 1.54) is 24.3 Å². The Bertz CT molecular complexity index is 846. The standard InChI is InChI=1S/C15H12F3NO4S/c16-15(17,18)12-2-1-3-13(8-12)24(22,23)19-9-10-4-6-11(7-5-10)14(20)21/h1-8,19H,9H2,(H,20,21). The number of hydrogen-bond acceptors (Lipinski definition) is 3. The van der Waals surface area contributed by atoms with Crippen molar-refractivity contribution in [2.75, 3.05) is 0 Å². The highest BCUT2D eigenvalue weighted by molar-refractivity contribution is 7.89. The van der Waals surface area contributed by atoms with E-state index in [1.807, 2.05) is 0 Å². The van der Waals surface area contributed by atoms with Gasteiger partial charge in [-0.3, -0.25) is 0 Å². The molecule has 0 aliphatic rings. The van der Waals surface area contributed by atoms with E-state index in [2.05, 4.69) is 4.72 Å². The maximum Gasteiger partial charge on any atom is 0.416 e. The molecule has 0 amide bonds. The minimum atomic E-state index is -4.64. The zero-order chi connectivity index (χ0) is 18.0. The summed E-state index contributed by atoms with van der Waals surface area (Å²) in [4.78, 5) is 10.2. The van der Waals surface area contributed by atoms with Crippen LogP contribution in [-0.2, 0) is 22.7 Å². The van der Waals surface area contributed by atoms with Gasteiger partial charge in [-0.15, -0.1) is 0 Å². The predicted molar refractivity (Wildman–Crippen MR) is 78.9 cm³/mol. The molecule has 0 saturated carbocycles. The Hall–Kier alpha value is -2.39. The highest BCUT2D eigenvalue weighted by Crippen LogP contribution is 2.30. The van der Waals surface area contributed by atoms with Crippen molar-refractivity contribution >= 4 is 16.0 Å². The molecule has 0 aliphatic carbocycles. The molecule has 0 heterocycles. The molecule has 9 heteroatoms. The lowest BCUT2D eigenvalue weighted by molar-refractivity contribution is -0.137. The molecule has 5 nitrogen and oxygen atoms in total. The number of aromatic carboxylic acids is 1. The first kappa shape index (κ1) is 18.0. The fraction of sp³-hybridized carbons (Fsp3) is 0.133. The minimum Gasteiger partial charge on any atom is -0.478 e. The van der Waals surface area contributed by atoms with Crippen molar-refractivity contribution in [3.05, 3.63) is 65.2 Å². The van der Waals surface area contributed by atoms with Gasteiger partial charge in [0, 0.05) is 6.54 Å². The van der Waals surface area contributed by atoms with Crippen LogP contribution >= 0.6 is 0 Å². The van der Waals surface area contributed by atoms with Crippen LogP contribution in [0, 0.1) is 0 Å². The first-order chi connectivity index (χ1) is 11.1. The lowest BCUT2D eigenvalue weighted by Crippen LogP contribution is -2.23. The number of carbonyl (C=O) groups is 1. The number of nitrogens with one attached hydrogen (secondary N) is 1. The number of benzene rings is 2. The molecule has 24 heavy (non-hydrogen) atoms. The first-order valence-electron chi connectivity index (χ1n) is 6.59. The Balaban J connectivity index is 2.15. The summed E-state index contributed by atoms with van der Waals surface area (Å²) in [6.07, 6.45) is -4.64. The van der Waals surface area contributed by atoms with Crippen LogP contribution in [0.2, 0.25) is 0 Å². The van der Waals surface area contributed by atoms with Gasteiger partial charge >= 0.3 is 12.1 Å². The number of alkyl halides is 3. The van der Waals surface area contributed by atoms with Crippen molar-refractivity contribution in [2.45, 2.75) is 17.6 Å². The topological polar surface area (TPSA) is 83.5 Å². The smallest absolute Gasteiger partial charge is 0.416 e. The molecule has 2 aromatic rings. The van der Waals surface area contributed by atoms with Gasteiger partial charge in [0.15, 0.2) is 0 Å². The molecule has 0 spiro atoms. The highest BCUT2D eigenvalue weighted by Gasteiger charge is 2.31. The third-order valence-corrected chi connectivity index (χ3v) is 4.54. The second kappa shape index (κ2) is 6.62. The van der Waals surface area contributed by atoms with Crippen LogP contribution in [0.5, 0.6) is 0 Å². The summed E-state index contributed by atoms with van der Waals surface area (Å²) < 4.78 is 64.3. The molecule has 2 N–H and O–H groups in total. The SMILES string of the molecule is O=C(O)c1ccc(CNS(=O)(=O)c2cccc(C(F)(F)F)c2)cc1. The van der Waals surface area contributed by atoms with Gasteiger partial charge in [-0.2, -0.15) is 13.2 Å². The second-order valence-electron chi connectivity index (χ2n) is 4.85. The van der Waals surface area contributed by atoms with Crippen molar-refractivity contribution < 1.29 is 31.5 Å². The fourth-order valence-corrected chi connectivity index (χ4v) is 2.93. The maximum atomic E-state index is 12.6. The van der Waals surface area contributed by atoms with E-state index in [9.17, 15) is 26.4 Å². The quantitative estimate of drug-likeness (QED) is 0.860. The lowest BCUT2D eigenvalue weighted by Gasteiger charge is -2.10. The summed E-state index contributed by atoms with van der Waals surface area (Å²) in [5.41, 5.74) is -0.550. The Kier molecular flexibility index (Phi) is 4.95. The number of hydrogen-bond donors (Lipinski definition) is 2. The highest BCUT2D eigenvalue weighted by atomic mass is 32.2. The number of halogens is 3. The van der Waals surface area contributed by atoms with Crippen molar-refractivity contribution in [3.8, 4) is 0 Å². The predicted octanol–water partition coefficient (Wildman–Crippen LogP) is 2.88. The fourth-order valence-electron chi connectivity index (χ4n) is 1.87. The normalized spacial score (nSPS) is 12.1. The molecule has 0 saturated heterocycles. The summed E-state index contributed by atoms with van der Waals surface area (Å²) in [5.74, 6) is -1.12. The van der Waals surface area contributed by atoms with Crippen LogP contribution in [0.3, 0.4) is 0 Å². The van der Waals surface area contributed by atoms with E-state index in [0.717, 1.165) is 18.2 Å². The van der Waals surface area contributed by atoms with Crippen molar-refractivity contribution in [2.24, 2.45) is 0 Å². The molecule has 2 aromatic carbocycles. The molecular formula is C15H12F3NO4S. The molecule has 0 fully saturated rings. The van der Waals surface area contributed by atoms with Gasteiger partial charge in [-0.05, 0) is 35.9 Å². The van der Waals surface area contributed by atoms with E-state index >= 15 is 0 Å². The van der Waals surface area contributed by atoms with Crippen LogP contribution in [0.1, 0.15) is 21.5 Å². The third kappa shape index (κ3) is 4.33. The molecule has 0 aromatic heterocycles. The lowest BCUT2D eigenvalue weighted by atomic mass is 10.1. The van der Waals surface area contributed by atoms with Crippen LogP contribution in [0.15, 0.2) is 53.4 Å². The maximum absolute atomic E-state index is 12.6. The molecule has 2 rings (SSSR count). The molecule has 128 valence electrons. The van der Waals surface area contributed by atoms with E-state index in [0.29, 0.717) is 11.6 Å². The average molecular weight is 359 g/mol. The van der Waals surface area contributed by atoms with Crippen LogP contribution < -0.4 is 4.72 Å². The Morgan fingerprint density at radius 1 is 1.08 bits per heavy atom. The van der Waals surface area contributed by atoms with E-state index in [1.54, 1.807) is 0 Å². The van der Waals surface area contributed by atoms with E-state index < -0.39 is 32.6 Å². The summed E-state index contributed by atoms with van der Waals surface area (Å²) in [6.45, 7) is -0.182. The van der Waals surface area contributed by atoms with Crippen molar-refractivity contribution in [1.82, 2.24) is 4.72 Å². The number of carboxylic acids is 1. The Morgan fingerprint density at radius 3 is 2.25 bits per heavy atom. The van der Waals surface area contributed by atoms with Gasteiger partial charge in [-0.25, -0.2) is 17.9 Å². The van der Waals surface area contributed by atoms with E-state index in [4.69, 9.17) is 5.11 Å². The summed E-state index contributed by atoms with van der Waals surface area (Å²) in [6, 6.07) is 8.84. The van der Waals surface area contributed by atoms with Crippen LogP contribution in [-0.4, -0.2) is 19.5 Å².